The number of esters is 1. The van der Waals surface area contributed by atoms with Crippen LogP contribution in [0.4, 0.5) is 28.4 Å². The Morgan fingerprint density at radius 1 is 1.10 bits per heavy atom. The van der Waals surface area contributed by atoms with E-state index in [1.165, 1.54) is 7.11 Å². The Morgan fingerprint density at radius 3 is 2.31 bits per heavy atom. The Balaban J connectivity index is 0.00000134. The molecule has 1 heterocycles. The molecule has 3 amide bonds. The fourth-order valence-corrected chi connectivity index (χ4v) is 4.03. The van der Waals surface area contributed by atoms with Gasteiger partial charge in [-0.15, -0.1) is 13.2 Å². The summed E-state index contributed by atoms with van der Waals surface area (Å²) >= 11 is 4.74. The summed E-state index contributed by atoms with van der Waals surface area (Å²) in [5, 5.41) is 5.14. The van der Waals surface area contributed by atoms with Crippen molar-refractivity contribution in [2.75, 3.05) is 25.9 Å². The van der Waals surface area contributed by atoms with E-state index in [9.17, 15) is 27.6 Å². The summed E-state index contributed by atoms with van der Waals surface area (Å²) in [6.45, 7) is 1.36. The number of carbonyl (C=O) groups excluding carboxylic acids is 3. The predicted octanol–water partition coefficient (Wildman–Crippen LogP) is 5.52. The van der Waals surface area contributed by atoms with Crippen molar-refractivity contribution in [2.24, 2.45) is 5.10 Å². The number of aryl methyl sites for hydroxylation is 1. The number of fused-ring (bicyclic) bond motifs is 3. The number of amides is 3. The van der Waals surface area contributed by atoms with E-state index in [1.54, 1.807) is 12.1 Å². The van der Waals surface area contributed by atoms with Crippen LogP contribution in [0.25, 0.3) is 0 Å². The Kier molecular flexibility index (Phi) is 10.5. The first-order valence-corrected chi connectivity index (χ1v) is 19.8. The Morgan fingerprint density at radius 2 is 1.74 bits per heavy atom. The zero-order valence-corrected chi connectivity index (χ0v) is 26.2. The van der Waals surface area contributed by atoms with E-state index in [0.717, 1.165) is 47.5 Å². The first-order chi connectivity index (χ1) is 18.4. The van der Waals surface area contributed by atoms with Crippen LogP contribution in [0.5, 0.6) is 5.75 Å². The second-order valence-electron chi connectivity index (χ2n) is 7.97. The molecule has 1 aliphatic carbocycles. The van der Waals surface area contributed by atoms with Crippen molar-refractivity contribution in [1.29, 1.82) is 0 Å². The molecule has 0 aromatic heterocycles. The zero-order chi connectivity index (χ0) is 29.0. The quantitative estimate of drug-likeness (QED) is 0.297. The molecule has 0 bridgehead atoms. The van der Waals surface area contributed by atoms with Gasteiger partial charge in [0, 0.05) is 12.0 Å². The third kappa shape index (κ3) is 6.98. The minimum absolute atomic E-state index is 0.117. The number of benzene rings is 2. The number of hydrogen-bond acceptors (Lipinski definition) is 8. The second kappa shape index (κ2) is 13.1. The molecule has 0 radical (unpaired) electrons. The van der Waals surface area contributed by atoms with Gasteiger partial charge in [-0.25, -0.2) is 14.4 Å². The first kappa shape index (κ1) is 31.4. The molecule has 2 aromatic carbocycles. The summed E-state index contributed by atoms with van der Waals surface area (Å²) in [5.41, 5.74) is 0.710. The predicted molar refractivity (Wildman–Crippen MR) is 145 cm³/mol. The van der Waals surface area contributed by atoms with Gasteiger partial charge in [0.1, 0.15) is 18.2 Å². The monoisotopic (exact) mass is 812 g/mol. The van der Waals surface area contributed by atoms with Crippen LogP contribution < -0.4 is 9.64 Å². The average Bonchev–Trinajstić information content (AvgIpc) is 3.22. The summed E-state index contributed by atoms with van der Waals surface area (Å²) in [5.74, 6) is -1.25. The van der Waals surface area contributed by atoms with E-state index in [4.69, 9.17) is 9.47 Å². The molecular weight excluding hydrogens is 792 g/mol. The van der Waals surface area contributed by atoms with Gasteiger partial charge in [0.15, 0.2) is 0 Å². The van der Waals surface area contributed by atoms with Crippen molar-refractivity contribution in [3.63, 3.8) is 0 Å². The SMILES string of the molecule is COC(=O)N(C(=O)N1COC2(C(=O)OC)Cc3cc(C)ccc3C2=N1)c1ccc(OC(F)(F)F)cc1.[I][V][I]. The number of ether oxygens (including phenoxy) is 4. The van der Waals surface area contributed by atoms with E-state index in [-0.39, 0.29) is 17.8 Å². The number of urea groups is 1. The number of alkyl halides is 3. The van der Waals surface area contributed by atoms with Gasteiger partial charge in [-0.1, -0.05) is 23.8 Å². The van der Waals surface area contributed by atoms with Gasteiger partial charge in [0.25, 0.3) is 0 Å². The number of hydrazone groups is 1. The van der Waals surface area contributed by atoms with Gasteiger partial charge in [0.2, 0.25) is 5.60 Å². The first-order valence-electron chi connectivity index (χ1n) is 10.8. The maximum atomic E-state index is 13.3. The van der Waals surface area contributed by atoms with Gasteiger partial charge in [-0.3, -0.25) is 0 Å². The summed E-state index contributed by atoms with van der Waals surface area (Å²) in [6, 6.07) is 8.38. The molecule has 2 aliphatic rings. The van der Waals surface area contributed by atoms with Crippen LogP contribution >= 0.6 is 40.0 Å². The van der Waals surface area contributed by atoms with Gasteiger partial charge < -0.3 is 18.9 Å². The van der Waals surface area contributed by atoms with Crippen molar-refractivity contribution in [3.8, 4) is 5.75 Å². The van der Waals surface area contributed by atoms with Crippen molar-refractivity contribution in [3.05, 3.63) is 59.2 Å². The molecule has 1 unspecified atom stereocenters. The molecule has 10 nitrogen and oxygen atoms in total. The number of rotatable bonds is 3. The Hall–Kier alpha value is -2.09. The number of halogens is 5. The molecule has 39 heavy (non-hydrogen) atoms. The van der Waals surface area contributed by atoms with E-state index in [1.807, 2.05) is 13.0 Å². The van der Waals surface area contributed by atoms with Gasteiger partial charge in [-0.05, 0) is 36.8 Å². The molecule has 0 N–H and O–H groups in total. The van der Waals surface area contributed by atoms with Crippen LogP contribution in [-0.4, -0.2) is 61.7 Å². The van der Waals surface area contributed by atoms with E-state index in [0.29, 0.717) is 19.9 Å². The van der Waals surface area contributed by atoms with Gasteiger partial charge >= 0.3 is 73.9 Å². The van der Waals surface area contributed by atoms with E-state index < -0.39 is 42.5 Å². The standard InChI is InChI=1S/C23H20F3N3O7.2HI.V/c1-13-4-9-17-14(10-13)11-22(19(30)33-2)18(17)27-28(12-35-22)20(31)29(21(32)34-3)15-5-7-16(8-6-15)36-23(24,25)26;;;/h4-10H,11-12H2,1-3H3;2*1H;/q;;;+2/p-2. The van der Waals surface area contributed by atoms with Crippen LogP contribution in [0.1, 0.15) is 16.7 Å². The molecule has 0 saturated heterocycles. The second-order valence-corrected chi connectivity index (χ2v) is 19.8. The van der Waals surface area contributed by atoms with Gasteiger partial charge in [-0.2, -0.15) is 15.0 Å². The van der Waals surface area contributed by atoms with E-state index >= 15 is 0 Å². The van der Waals surface area contributed by atoms with Crippen LogP contribution in [-0.2, 0) is 34.9 Å². The average molecular weight is 812 g/mol. The molecule has 209 valence electrons. The molecule has 2 aromatic rings. The number of imide groups is 1. The van der Waals surface area contributed by atoms with Gasteiger partial charge in [0.05, 0.1) is 19.9 Å². The Labute approximate surface area is 250 Å². The fourth-order valence-electron chi connectivity index (χ4n) is 4.03. The molecule has 16 heteroatoms. The molecule has 1 atom stereocenters. The van der Waals surface area contributed by atoms with Crippen LogP contribution in [0, 0.1) is 6.92 Å². The topological polar surface area (TPSA) is 107 Å². The minimum atomic E-state index is -4.91. The molecule has 0 fully saturated rings. The third-order valence-corrected chi connectivity index (χ3v) is 5.60. The number of methoxy groups -OCH3 is 2. The molecule has 0 saturated carbocycles. The summed E-state index contributed by atoms with van der Waals surface area (Å²) in [4.78, 5) is 39.1. The van der Waals surface area contributed by atoms with Crippen LogP contribution in [0.3, 0.4) is 0 Å². The van der Waals surface area contributed by atoms with E-state index in [2.05, 4.69) is 54.5 Å². The zero-order valence-electron chi connectivity index (χ0n) is 20.5. The molecule has 4 rings (SSSR count). The van der Waals surface area contributed by atoms with Crippen molar-refractivity contribution in [1.82, 2.24) is 5.01 Å². The number of anilines is 1. The molecule has 1 aliphatic heterocycles. The molecular formula is C23H20F3I2N3O7V. The van der Waals surface area contributed by atoms with Crippen LogP contribution in [0.15, 0.2) is 47.6 Å². The summed E-state index contributed by atoms with van der Waals surface area (Å²) in [7, 11) is 2.86. The maximum absolute atomic E-state index is 13.3. The summed E-state index contributed by atoms with van der Waals surface area (Å²) in [6.07, 6.45) is -5.90. The third-order valence-electron chi connectivity index (χ3n) is 5.60. The van der Waals surface area contributed by atoms with Crippen LogP contribution in [0.2, 0.25) is 0 Å². The number of carbonyl (C=O) groups is 3. The van der Waals surface area contributed by atoms with Crippen molar-refractivity contribution < 1.29 is 56.0 Å². The number of nitrogens with zero attached hydrogens (tertiary/aromatic N) is 3. The van der Waals surface area contributed by atoms with Crippen molar-refractivity contribution in [2.45, 2.75) is 25.3 Å². The Bertz CT molecular complexity index is 1280. The molecule has 0 spiro atoms. The normalized spacial score (nSPS) is 17.4. The summed E-state index contributed by atoms with van der Waals surface area (Å²) < 4.78 is 56.7. The number of hydrogen-bond donors (Lipinski definition) is 0. The fraction of sp³-hybridized carbons (Fsp3) is 0.304. The van der Waals surface area contributed by atoms with Crippen molar-refractivity contribution >= 4 is 69.5 Å².